The molecule has 2 aliphatic rings. The molecule has 2 saturated heterocycles. The predicted molar refractivity (Wildman–Crippen MR) is 197 cm³/mol. The van der Waals surface area contributed by atoms with Gasteiger partial charge in [-0.15, -0.1) is 0 Å². The summed E-state index contributed by atoms with van der Waals surface area (Å²) in [6.45, 7) is 3.77. The number of carbonyl (C=O) groups is 4. The van der Waals surface area contributed by atoms with Gasteiger partial charge in [0.15, 0.2) is 0 Å². The number of benzene rings is 2. The summed E-state index contributed by atoms with van der Waals surface area (Å²) in [4.78, 5) is 70.1. The van der Waals surface area contributed by atoms with E-state index in [0.29, 0.717) is 37.6 Å². The van der Waals surface area contributed by atoms with Crippen LogP contribution in [0.3, 0.4) is 0 Å². The molecule has 4 amide bonds. The Kier molecular flexibility index (Phi) is 11.3. The standard InChI is InChI=1S/C38H46N8O8/c1-21(47)31(43-37(51)54-4)35(49)45-17-5-7-29(45)33-39-19-27(41-33)25-13-9-23(10-14-25)24-11-15-26(16-12-24)28-20-40-34(42-28)30-8-6-18-46(30)36(50)32(22(2)48)44(3)38(52)53/h9-16,19-22,29-32,47-48H,5-8,17-18H2,1-4H3,(H,39,41)(H,40,42)(H,43,51)(H,52,53)/t21-,22-,29+,30+,31+,32+/m1/s1. The second kappa shape index (κ2) is 16.1. The predicted octanol–water partition coefficient (Wildman–Crippen LogP) is 3.93. The third-order valence-electron chi connectivity index (χ3n) is 10.3. The van der Waals surface area contributed by atoms with Crippen molar-refractivity contribution >= 4 is 24.0 Å². The minimum Gasteiger partial charge on any atom is -0.465 e. The molecule has 286 valence electrons. The van der Waals surface area contributed by atoms with E-state index in [1.807, 2.05) is 48.5 Å². The Morgan fingerprint density at radius 2 is 1.22 bits per heavy atom. The number of ether oxygens (including phenoxy) is 1. The normalized spacial score (nSPS) is 19.2. The van der Waals surface area contributed by atoms with Crippen LogP contribution in [0.4, 0.5) is 9.59 Å². The van der Waals surface area contributed by atoms with Gasteiger partial charge in [0, 0.05) is 20.1 Å². The molecule has 0 radical (unpaired) electrons. The lowest BCUT2D eigenvalue weighted by Gasteiger charge is -2.33. The second-order valence-electron chi connectivity index (χ2n) is 13.8. The van der Waals surface area contributed by atoms with E-state index in [1.165, 1.54) is 28.0 Å². The Hall–Kier alpha value is -5.74. The summed E-state index contributed by atoms with van der Waals surface area (Å²) in [6, 6.07) is 13.0. The first-order valence-electron chi connectivity index (χ1n) is 18.0. The van der Waals surface area contributed by atoms with Gasteiger partial charge in [-0.1, -0.05) is 48.5 Å². The van der Waals surface area contributed by atoms with E-state index in [0.717, 1.165) is 51.4 Å². The summed E-state index contributed by atoms with van der Waals surface area (Å²) in [5.74, 6) is 0.374. The Balaban J connectivity index is 1.11. The summed E-state index contributed by atoms with van der Waals surface area (Å²) in [5, 5.41) is 32.3. The second-order valence-corrected chi connectivity index (χ2v) is 13.8. The van der Waals surface area contributed by atoms with Gasteiger partial charge in [-0.25, -0.2) is 19.6 Å². The van der Waals surface area contributed by atoms with Gasteiger partial charge in [-0.3, -0.25) is 14.5 Å². The molecule has 2 aromatic carbocycles. The SMILES string of the molecule is COC(=O)N[C@H](C(=O)N1CCC[C@H]1c1ncc(-c2ccc(-c3ccc(-c4cnc([C@@H]5CCCN5C(=O)[C@H]([C@@H](C)O)N(C)C(=O)O)[nH]4)cc3)cc2)[nH]1)[C@@H](C)O. The van der Waals surface area contributed by atoms with E-state index in [1.54, 1.807) is 22.2 Å². The van der Waals surface area contributed by atoms with Crippen molar-refractivity contribution in [2.45, 2.75) is 75.9 Å². The van der Waals surface area contributed by atoms with Gasteiger partial charge < -0.3 is 45.1 Å². The van der Waals surface area contributed by atoms with Crippen molar-refractivity contribution in [2.75, 3.05) is 27.2 Å². The van der Waals surface area contributed by atoms with Crippen molar-refractivity contribution in [2.24, 2.45) is 0 Å². The van der Waals surface area contributed by atoms with Gasteiger partial charge in [-0.05, 0) is 61.8 Å². The minimum atomic E-state index is -1.29. The van der Waals surface area contributed by atoms with Crippen LogP contribution in [-0.2, 0) is 14.3 Å². The average Bonchev–Trinajstić information content (AvgIpc) is 4.00. The van der Waals surface area contributed by atoms with Gasteiger partial charge in [0.05, 0.1) is 55.2 Å². The van der Waals surface area contributed by atoms with Crippen LogP contribution in [0.25, 0.3) is 33.6 Å². The summed E-state index contributed by atoms with van der Waals surface area (Å²) in [6.07, 6.45) is 1.92. The molecule has 6 N–H and O–H groups in total. The highest BCUT2D eigenvalue weighted by molar-refractivity contribution is 5.87. The fraction of sp³-hybridized carbons (Fsp3) is 0.421. The van der Waals surface area contributed by atoms with E-state index < -0.39 is 48.3 Å². The minimum absolute atomic E-state index is 0.330. The van der Waals surface area contributed by atoms with Gasteiger partial charge in [0.2, 0.25) is 11.8 Å². The first-order valence-corrected chi connectivity index (χ1v) is 18.0. The number of aliphatic hydroxyl groups is 2. The van der Waals surface area contributed by atoms with Crippen LogP contribution in [0, 0.1) is 0 Å². The number of alkyl carbamates (subject to hydrolysis) is 1. The molecule has 4 heterocycles. The molecule has 16 heteroatoms. The van der Waals surface area contributed by atoms with Crippen LogP contribution < -0.4 is 5.32 Å². The molecule has 6 rings (SSSR count). The summed E-state index contributed by atoms with van der Waals surface area (Å²) in [5.41, 5.74) is 5.39. The third kappa shape index (κ3) is 7.79. The van der Waals surface area contributed by atoms with Crippen LogP contribution >= 0.6 is 0 Å². The topological polar surface area (TPSA) is 217 Å². The van der Waals surface area contributed by atoms with Gasteiger partial charge >= 0.3 is 12.2 Å². The van der Waals surface area contributed by atoms with Crippen LogP contribution in [0.2, 0.25) is 0 Å². The maximum atomic E-state index is 13.4. The number of methoxy groups -OCH3 is 1. The van der Waals surface area contributed by atoms with Crippen LogP contribution in [0.5, 0.6) is 0 Å². The molecule has 2 aliphatic heterocycles. The fourth-order valence-electron chi connectivity index (χ4n) is 7.36. The molecule has 2 aromatic heterocycles. The molecule has 0 aliphatic carbocycles. The number of rotatable bonds is 11. The molecule has 0 unspecified atom stereocenters. The van der Waals surface area contributed by atoms with Crippen molar-refractivity contribution in [1.82, 2.24) is 40.0 Å². The Morgan fingerprint density at radius 1 is 0.778 bits per heavy atom. The number of aliphatic hydroxyl groups excluding tert-OH is 2. The van der Waals surface area contributed by atoms with E-state index in [9.17, 15) is 34.5 Å². The molecule has 0 bridgehead atoms. The van der Waals surface area contributed by atoms with Gasteiger partial charge in [0.1, 0.15) is 23.7 Å². The molecule has 0 spiro atoms. The van der Waals surface area contributed by atoms with Crippen LogP contribution in [0.1, 0.15) is 63.3 Å². The van der Waals surface area contributed by atoms with Crippen molar-refractivity contribution < 1.29 is 39.2 Å². The number of likely N-dealkylation sites (tertiary alicyclic amines) is 2. The van der Waals surface area contributed by atoms with Gasteiger partial charge in [-0.2, -0.15) is 0 Å². The lowest BCUT2D eigenvalue weighted by Crippen LogP contribution is -2.53. The quantitative estimate of drug-likeness (QED) is 0.130. The first kappa shape index (κ1) is 38.0. The summed E-state index contributed by atoms with van der Waals surface area (Å²) >= 11 is 0. The van der Waals surface area contributed by atoms with Crippen LogP contribution in [-0.4, -0.2) is 125 Å². The number of aromatic nitrogens is 4. The zero-order valence-electron chi connectivity index (χ0n) is 30.6. The zero-order valence-corrected chi connectivity index (χ0v) is 30.6. The number of H-pyrrole nitrogens is 2. The highest BCUT2D eigenvalue weighted by Crippen LogP contribution is 2.35. The average molecular weight is 743 g/mol. The molecule has 2 fully saturated rings. The van der Waals surface area contributed by atoms with E-state index in [-0.39, 0.29) is 12.1 Å². The highest BCUT2D eigenvalue weighted by Gasteiger charge is 2.41. The van der Waals surface area contributed by atoms with Crippen LogP contribution in [0.15, 0.2) is 60.9 Å². The molecule has 16 nitrogen and oxygen atoms in total. The van der Waals surface area contributed by atoms with E-state index in [2.05, 4.69) is 30.0 Å². The van der Waals surface area contributed by atoms with E-state index in [4.69, 9.17) is 0 Å². The number of aromatic amines is 2. The fourth-order valence-corrected chi connectivity index (χ4v) is 7.36. The zero-order chi connectivity index (χ0) is 38.7. The Bertz CT molecular complexity index is 1960. The molecule has 0 saturated carbocycles. The maximum absolute atomic E-state index is 13.4. The van der Waals surface area contributed by atoms with Gasteiger partial charge in [0.25, 0.3) is 0 Å². The largest absolute Gasteiger partial charge is 0.465 e. The Morgan fingerprint density at radius 3 is 1.63 bits per heavy atom. The summed E-state index contributed by atoms with van der Waals surface area (Å²) < 4.78 is 4.63. The number of nitrogens with one attached hydrogen (secondary N) is 3. The number of amides is 4. The van der Waals surface area contributed by atoms with E-state index >= 15 is 0 Å². The highest BCUT2D eigenvalue weighted by atomic mass is 16.5. The van der Waals surface area contributed by atoms with Crippen molar-refractivity contribution in [3.8, 4) is 33.6 Å². The lowest BCUT2D eigenvalue weighted by atomic mass is 10.0. The molecule has 54 heavy (non-hydrogen) atoms. The number of nitrogens with zero attached hydrogens (tertiary/aromatic N) is 5. The number of imidazole rings is 2. The molecular weight excluding hydrogens is 696 g/mol. The first-order chi connectivity index (χ1) is 25.9. The number of likely N-dealkylation sites (N-methyl/N-ethyl adjacent to an activating group) is 1. The summed E-state index contributed by atoms with van der Waals surface area (Å²) in [7, 11) is 2.48. The number of carbonyl (C=O) groups excluding carboxylic acids is 3. The smallest absolute Gasteiger partial charge is 0.407 e. The maximum Gasteiger partial charge on any atom is 0.407 e. The number of carboxylic acid groups (broad SMARTS) is 1. The van der Waals surface area contributed by atoms with Crippen molar-refractivity contribution in [3.63, 3.8) is 0 Å². The molecule has 4 aromatic rings. The molecule has 6 atom stereocenters. The lowest BCUT2D eigenvalue weighted by molar-refractivity contribution is -0.140. The van der Waals surface area contributed by atoms with Crippen molar-refractivity contribution in [1.29, 1.82) is 0 Å². The Labute approximate surface area is 312 Å². The molecular formula is C38H46N8O8. The third-order valence-corrected chi connectivity index (χ3v) is 10.3. The number of hydrogen-bond acceptors (Lipinski definition) is 9. The monoisotopic (exact) mass is 742 g/mol. The van der Waals surface area contributed by atoms with Crippen molar-refractivity contribution in [3.05, 3.63) is 72.6 Å². The number of hydrogen-bond donors (Lipinski definition) is 6.